The molecule has 1 aliphatic rings. The van der Waals surface area contributed by atoms with Crippen molar-refractivity contribution in [3.8, 4) is 0 Å². The molecule has 4 nitrogen and oxygen atoms in total. The van der Waals surface area contributed by atoms with Gasteiger partial charge in [-0.15, -0.1) is 12.4 Å². The van der Waals surface area contributed by atoms with E-state index in [0.29, 0.717) is 11.4 Å². The van der Waals surface area contributed by atoms with Crippen LogP contribution in [0.5, 0.6) is 0 Å². The molecule has 1 aromatic carbocycles. The number of nitrogens with one attached hydrogen (secondary N) is 2. The van der Waals surface area contributed by atoms with E-state index in [0.717, 1.165) is 37.8 Å². The van der Waals surface area contributed by atoms with Crippen molar-refractivity contribution in [1.82, 2.24) is 10.2 Å². The van der Waals surface area contributed by atoms with Crippen LogP contribution >= 0.6 is 24.0 Å². The molecule has 1 saturated heterocycles. The van der Waals surface area contributed by atoms with E-state index < -0.39 is 0 Å². The molecule has 6 heteroatoms. The standard InChI is InChI=1S/C16H24ClN3O.ClH/c1-18-12-13-5-8-20(9-6-13)10-7-16(21)19-15-4-2-3-14(17)11-15;/h2-4,11,13,18H,5-10,12H2,1H3,(H,19,21);1H. The third-order valence-corrected chi connectivity index (χ3v) is 4.20. The first kappa shape index (κ1) is 19.2. The Morgan fingerprint density at radius 3 is 2.73 bits per heavy atom. The van der Waals surface area contributed by atoms with Crippen molar-refractivity contribution in [2.75, 3.05) is 38.5 Å². The van der Waals surface area contributed by atoms with Gasteiger partial charge in [0.15, 0.2) is 0 Å². The smallest absolute Gasteiger partial charge is 0.225 e. The van der Waals surface area contributed by atoms with Gasteiger partial charge in [0.1, 0.15) is 0 Å². The molecule has 22 heavy (non-hydrogen) atoms. The highest BCUT2D eigenvalue weighted by Crippen LogP contribution is 2.17. The Kier molecular flexibility index (Phi) is 8.79. The maximum Gasteiger partial charge on any atom is 0.225 e. The molecule has 0 saturated carbocycles. The van der Waals surface area contributed by atoms with Crippen LogP contribution in [0, 0.1) is 5.92 Å². The highest BCUT2D eigenvalue weighted by atomic mass is 35.5. The molecule has 0 spiro atoms. The average Bonchev–Trinajstić information content (AvgIpc) is 2.47. The SMILES string of the molecule is CNCC1CCN(CCC(=O)Nc2cccc(Cl)c2)CC1.Cl. The number of carbonyl (C=O) groups is 1. The summed E-state index contributed by atoms with van der Waals surface area (Å²) in [6.45, 7) is 4.12. The Balaban J connectivity index is 0.00000242. The van der Waals surface area contributed by atoms with Gasteiger partial charge in [0.2, 0.25) is 5.91 Å². The topological polar surface area (TPSA) is 44.4 Å². The molecular weight excluding hydrogens is 321 g/mol. The molecule has 0 atom stereocenters. The van der Waals surface area contributed by atoms with Crippen LogP contribution in [0.2, 0.25) is 5.02 Å². The van der Waals surface area contributed by atoms with Crippen molar-refractivity contribution in [3.05, 3.63) is 29.3 Å². The fraction of sp³-hybridized carbons (Fsp3) is 0.562. The summed E-state index contributed by atoms with van der Waals surface area (Å²) < 4.78 is 0. The lowest BCUT2D eigenvalue weighted by Crippen LogP contribution is -2.38. The maximum absolute atomic E-state index is 11.9. The Labute approximate surface area is 144 Å². The van der Waals surface area contributed by atoms with Crippen molar-refractivity contribution in [2.45, 2.75) is 19.3 Å². The highest BCUT2D eigenvalue weighted by molar-refractivity contribution is 6.30. The molecule has 1 aromatic rings. The monoisotopic (exact) mass is 345 g/mol. The summed E-state index contributed by atoms with van der Waals surface area (Å²) in [4.78, 5) is 14.3. The molecule has 0 radical (unpaired) electrons. The number of carbonyl (C=O) groups excluding carboxylic acids is 1. The lowest BCUT2D eigenvalue weighted by Gasteiger charge is -2.31. The minimum absolute atomic E-state index is 0. The summed E-state index contributed by atoms with van der Waals surface area (Å²) in [5.74, 6) is 0.834. The zero-order valence-electron chi connectivity index (χ0n) is 13.0. The molecule has 1 aliphatic heterocycles. The molecule has 1 heterocycles. The molecule has 0 bridgehead atoms. The number of rotatable bonds is 6. The number of halogens is 2. The molecule has 2 rings (SSSR count). The number of hydrogen-bond acceptors (Lipinski definition) is 3. The Hall–Kier alpha value is -0.810. The number of nitrogens with zero attached hydrogens (tertiary/aromatic N) is 1. The number of likely N-dealkylation sites (tertiary alicyclic amines) is 1. The van der Waals surface area contributed by atoms with E-state index in [4.69, 9.17) is 11.6 Å². The zero-order valence-corrected chi connectivity index (χ0v) is 14.6. The Morgan fingerprint density at radius 1 is 1.36 bits per heavy atom. The second kappa shape index (κ2) is 10.1. The van der Waals surface area contributed by atoms with E-state index in [2.05, 4.69) is 15.5 Å². The van der Waals surface area contributed by atoms with Gasteiger partial charge in [-0.3, -0.25) is 4.79 Å². The van der Waals surface area contributed by atoms with Crippen LogP contribution in [-0.4, -0.2) is 44.0 Å². The summed E-state index contributed by atoms with van der Waals surface area (Å²) >= 11 is 5.90. The van der Waals surface area contributed by atoms with E-state index in [1.54, 1.807) is 12.1 Å². The third-order valence-electron chi connectivity index (χ3n) is 3.96. The Bertz CT molecular complexity index is 462. The number of benzene rings is 1. The van der Waals surface area contributed by atoms with E-state index in [9.17, 15) is 4.79 Å². The van der Waals surface area contributed by atoms with Gasteiger partial charge in [0, 0.05) is 23.7 Å². The van der Waals surface area contributed by atoms with Crippen molar-refractivity contribution in [1.29, 1.82) is 0 Å². The van der Waals surface area contributed by atoms with Gasteiger partial charge < -0.3 is 15.5 Å². The van der Waals surface area contributed by atoms with Gasteiger partial charge in [-0.2, -0.15) is 0 Å². The quantitative estimate of drug-likeness (QED) is 0.832. The van der Waals surface area contributed by atoms with Gasteiger partial charge in [0.05, 0.1) is 0 Å². The molecule has 2 N–H and O–H groups in total. The van der Waals surface area contributed by atoms with Gasteiger partial charge in [0.25, 0.3) is 0 Å². The highest BCUT2D eigenvalue weighted by Gasteiger charge is 2.18. The molecule has 1 fully saturated rings. The predicted molar refractivity (Wildman–Crippen MR) is 95.0 cm³/mol. The lowest BCUT2D eigenvalue weighted by molar-refractivity contribution is -0.116. The van der Waals surface area contributed by atoms with Crippen LogP contribution in [0.25, 0.3) is 0 Å². The molecule has 0 unspecified atom stereocenters. The average molecular weight is 346 g/mol. The fourth-order valence-electron chi connectivity index (χ4n) is 2.75. The van der Waals surface area contributed by atoms with E-state index in [-0.39, 0.29) is 18.3 Å². The van der Waals surface area contributed by atoms with Crippen LogP contribution in [-0.2, 0) is 4.79 Å². The first-order valence-electron chi connectivity index (χ1n) is 7.60. The third kappa shape index (κ3) is 6.53. The number of anilines is 1. The molecule has 0 aliphatic carbocycles. The second-order valence-electron chi connectivity index (χ2n) is 5.65. The summed E-state index contributed by atoms with van der Waals surface area (Å²) in [5, 5.41) is 6.77. The van der Waals surface area contributed by atoms with Crippen LogP contribution in [0.3, 0.4) is 0 Å². The van der Waals surface area contributed by atoms with E-state index >= 15 is 0 Å². The van der Waals surface area contributed by atoms with Crippen LogP contribution in [0.4, 0.5) is 5.69 Å². The lowest BCUT2D eigenvalue weighted by atomic mass is 9.97. The summed E-state index contributed by atoms with van der Waals surface area (Å²) in [6, 6.07) is 7.26. The molecule has 124 valence electrons. The van der Waals surface area contributed by atoms with Gasteiger partial charge in [-0.25, -0.2) is 0 Å². The number of amides is 1. The first-order chi connectivity index (χ1) is 10.2. The number of piperidine rings is 1. The van der Waals surface area contributed by atoms with Crippen LogP contribution in [0.15, 0.2) is 24.3 Å². The van der Waals surface area contributed by atoms with Gasteiger partial charge in [-0.1, -0.05) is 17.7 Å². The van der Waals surface area contributed by atoms with Crippen molar-refractivity contribution < 1.29 is 4.79 Å². The zero-order chi connectivity index (χ0) is 15.1. The largest absolute Gasteiger partial charge is 0.326 e. The van der Waals surface area contributed by atoms with Crippen molar-refractivity contribution in [2.24, 2.45) is 5.92 Å². The minimum Gasteiger partial charge on any atom is -0.326 e. The normalized spacial score (nSPS) is 16.1. The maximum atomic E-state index is 11.9. The first-order valence-corrected chi connectivity index (χ1v) is 7.97. The van der Waals surface area contributed by atoms with Crippen LogP contribution < -0.4 is 10.6 Å². The summed E-state index contributed by atoms with van der Waals surface area (Å²) in [7, 11) is 2.01. The van der Waals surface area contributed by atoms with E-state index in [1.165, 1.54) is 12.8 Å². The van der Waals surface area contributed by atoms with Gasteiger partial charge >= 0.3 is 0 Å². The Morgan fingerprint density at radius 2 is 2.09 bits per heavy atom. The molecule has 0 aromatic heterocycles. The fourth-order valence-corrected chi connectivity index (χ4v) is 2.94. The second-order valence-corrected chi connectivity index (χ2v) is 6.09. The van der Waals surface area contributed by atoms with Crippen molar-refractivity contribution >= 4 is 35.6 Å². The van der Waals surface area contributed by atoms with E-state index in [1.807, 2.05) is 19.2 Å². The summed E-state index contributed by atoms with van der Waals surface area (Å²) in [6.07, 6.45) is 2.97. The molecule has 1 amide bonds. The molecular formula is C16H25Cl2N3O. The summed E-state index contributed by atoms with van der Waals surface area (Å²) in [5.41, 5.74) is 0.764. The predicted octanol–water partition coefficient (Wildman–Crippen LogP) is 3.02. The minimum atomic E-state index is 0. The van der Waals surface area contributed by atoms with Crippen LogP contribution in [0.1, 0.15) is 19.3 Å². The van der Waals surface area contributed by atoms with Gasteiger partial charge in [-0.05, 0) is 63.6 Å². The van der Waals surface area contributed by atoms with Crippen molar-refractivity contribution in [3.63, 3.8) is 0 Å². The number of hydrogen-bond donors (Lipinski definition) is 2.